The summed E-state index contributed by atoms with van der Waals surface area (Å²) in [5.74, 6) is -0.0983. The molecule has 42 heavy (non-hydrogen) atoms. The lowest BCUT2D eigenvalue weighted by Gasteiger charge is -2.40. The van der Waals surface area contributed by atoms with Gasteiger partial charge in [-0.2, -0.15) is 4.99 Å². The predicted octanol–water partition coefficient (Wildman–Crippen LogP) is 6.24. The number of amides is 2. The van der Waals surface area contributed by atoms with Crippen molar-refractivity contribution in [2.45, 2.75) is 19.9 Å². The number of aryl methyl sites for hydroxylation is 2. The summed E-state index contributed by atoms with van der Waals surface area (Å²) in [6.45, 7) is 5.92. The molecule has 1 fully saturated rings. The van der Waals surface area contributed by atoms with Crippen molar-refractivity contribution in [3.8, 4) is 0 Å². The Morgan fingerprint density at radius 2 is 1.43 bits per heavy atom. The van der Waals surface area contributed by atoms with E-state index >= 15 is 0 Å². The van der Waals surface area contributed by atoms with E-state index in [-0.39, 0.29) is 23.6 Å². The Labute approximate surface area is 248 Å². The monoisotopic (exact) mass is 589 g/mol. The van der Waals surface area contributed by atoms with Crippen LogP contribution in [-0.2, 0) is 0 Å². The molecule has 1 aromatic heterocycles. The number of piperazine rings is 1. The van der Waals surface area contributed by atoms with Crippen molar-refractivity contribution in [3.05, 3.63) is 118 Å². The number of nitrogens with one attached hydrogen (secondary N) is 2. The van der Waals surface area contributed by atoms with Crippen LogP contribution in [0.25, 0.3) is 0 Å². The summed E-state index contributed by atoms with van der Waals surface area (Å²) in [5, 5.41) is 6.15. The van der Waals surface area contributed by atoms with Gasteiger partial charge in [-0.05, 0) is 73.5 Å². The Balaban J connectivity index is 1.38. The molecule has 2 heterocycles. The van der Waals surface area contributed by atoms with E-state index in [4.69, 9.17) is 11.6 Å². The van der Waals surface area contributed by atoms with Crippen LogP contribution in [0.5, 0.6) is 0 Å². The van der Waals surface area contributed by atoms with E-state index in [1.54, 1.807) is 48.5 Å². The molecule has 0 radical (unpaired) electrons. The maximum atomic E-state index is 13.7. The molecule has 0 unspecified atom stereocenters. The molecule has 0 bridgehead atoms. The lowest BCUT2D eigenvalue weighted by molar-refractivity contribution is 0.148. The standard InChI is InChI=1S/C31H30ClF2N7O/c1-20-18-21(2)36-29(35-20)38-30(39-31(42)37-27-5-3-4-24(32)19-27)41-16-14-40(15-17-41)28(22-6-10-25(33)11-7-22)23-8-12-26(34)13-9-23/h3-13,18-19,28H,14-17H2,1-2H3,(H2,35,36,37,38,39,42). The number of benzene rings is 3. The molecule has 5 rings (SSSR count). The average Bonchev–Trinajstić information content (AvgIpc) is 2.95. The summed E-state index contributed by atoms with van der Waals surface area (Å²) in [6.07, 6.45) is 0. The smallest absolute Gasteiger partial charge is 0.326 e. The van der Waals surface area contributed by atoms with Gasteiger partial charge in [0.2, 0.25) is 5.96 Å². The molecule has 1 aliphatic rings. The van der Waals surface area contributed by atoms with Gasteiger partial charge in [0.05, 0.1) is 6.04 Å². The number of nitrogens with zero attached hydrogens (tertiary/aromatic N) is 5. The van der Waals surface area contributed by atoms with Gasteiger partial charge in [0.1, 0.15) is 11.6 Å². The minimum atomic E-state index is -0.488. The van der Waals surface area contributed by atoms with E-state index < -0.39 is 6.03 Å². The van der Waals surface area contributed by atoms with Crippen molar-refractivity contribution in [2.75, 3.05) is 31.5 Å². The van der Waals surface area contributed by atoms with E-state index in [1.807, 2.05) is 24.8 Å². The third-order valence-electron chi connectivity index (χ3n) is 6.83. The van der Waals surface area contributed by atoms with E-state index in [9.17, 15) is 13.6 Å². The molecule has 0 spiro atoms. The number of aliphatic imine (C=N–C) groups is 1. The van der Waals surface area contributed by atoms with E-state index in [2.05, 4.69) is 30.5 Å². The molecule has 4 aromatic rings. The number of halogens is 3. The van der Waals surface area contributed by atoms with Crippen LogP contribution in [0.15, 0.2) is 83.9 Å². The Morgan fingerprint density at radius 1 is 0.857 bits per heavy atom. The Kier molecular flexibility index (Phi) is 9.04. The Hall–Kier alpha value is -4.41. The summed E-state index contributed by atoms with van der Waals surface area (Å²) < 4.78 is 27.5. The van der Waals surface area contributed by atoms with E-state index in [0.29, 0.717) is 42.8 Å². The van der Waals surface area contributed by atoms with Crippen LogP contribution in [0.2, 0.25) is 5.02 Å². The van der Waals surface area contributed by atoms with Crippen molar-refractivity contribution in [1.29, 1.82) is 0 Å². The van der Waals surface area contributed by atoms with Crippen LogP contribution < -0.4 is 10.6 Å². The molecule has 2 amide bonds. The van der Waals surface area contributed by atoms with Crippen LogP contribution >= 0.6 is 11.6 Å². The molecule has 8 nitrogen and oxygen atoms in total. The van der Waals surface area contributed by atoms with Crippen LogP contribution in [0.3, 0.4) is 0 Å². The van der Waals surface area contributed by atoms with Crippen molar-refractivity contribution >= 4 is 35.2 Å². The maximum Gasteiger partial charge on any atom is 0.326 e. The number of aromatic nitrogens is 2. The van der Waals surface area contributed by atoms with Crippen molar-refractivity contribution < 1.29 is 13.6 Å². The molecule has 0 atom stereocenters. The first kappa shape index (κ1) is 29.1. The van der Waals surface area contributed by atoms with E-state index in [0.717, 1.165) is 22.5 Å². The van der Waals surface area contributed by atoms with Crippen LogP contribution in [-0.4, -0.2) is 57.9 Å². The number of anilines is 1. The van der Waals surface area contributed by atoms with Gasteiger partial charge >= 0.3 is 6.03 Å². The fraction of sp³-hybridized carbons (Fsp3) is 0.226. The molecule has 0 aliphatic carbocycles. The highest BCUT2D eigenvalue weighted by Crippen LogP contribution is 2.30. The zero-order chi connectivity index (χ0) is 29.6. The summed E-state index contributed by atoms with van der Waals surface area (Å²) in [6, 6.07) is 20.7. The van der Waals surface area contributed by atoms with Gasteiger partial charge in [-0.25, -0.2) is 23.5 Å². The summed E-state index contributed by atoms with van der Waals surface area (Å²) in [7, 11) is 0. The molecule has 0 saturated carbocycles. The van der Waals surface area contributed by atoms with Crippen molar-refractivity contribution in [3.63, 3.8) is 0 Å². The van der Waals surface area contributed by atoms with Gasteiger partial charge in [-0.1, -0.05) is 41.9 Å². The highest BCUT2D eigenvalue weighted by molar-refractivity contribution is 6.30. The molecule has 1 saturated heterocycles. The number of carbonyl (C=O) groups excluding carboxylic acids is 1. The Morgan fingerprint density at radius 3 is 1.98 bits per heavy atom. The van der Waals surface area contributed by atoms with Crippen LogP contribution in [0.4, 0.5) is 25.2 Å². The number of hydrogen-bond donors (Lipinski definition) is 2. The van der Waals surface area contributed by atoms with Crippen LogP contribution in [0.1, 0.15) is 28.6 Å². The van der Waals surface area contributed by atoms with Crippen LogP contribution in [0, 0.1) is 25.5 Å². The number of guanidine groups is 1. The SMILES string of the molecule is Cc1cc(C)nc(/N=C(/NC(=O)Nc2cccc(Cl)c2)N2CCN(C(c3ccc(F)cc3)c3ccc(F)cc3)CC2)n1. The van der Waals surface area contributed by atoms with Gasteiger partial charge < -0.3 is 10.2 Å². The first-order chi connectivity index (χ1) is 20.2. The highest BCUT2D eigenvalue weighted by Gasteiger charge is 2.28. The number of rotatable bonds is 5. The summed E-state index contributed by atoms with van der Waals surface area (Å²) in [5.41, 5.74) is 3.85. The molecule has 3 aromatic carbocycles. The maximum absolute atomic E-state index is 13.7. The average molecular weight is 590 g/mol. The first-order valence-corrected chi connectivity index (χ1v) is 13.9. The quantitative estimate of drug-likeness (QED) is 0.213. The first-order valence-electron chi connectivity index (χ1n) is 13.5. The second kappa shape index (κ2) is 13.1. The minimum Gasteiger partial charge on any atom is -0.340 e. The molecule has 216 valence electrons. The summed E-state index contributed by atoms with van der Waals surface area (Å²) in [4.78, 5) is 30.7. The fourth-order valence-corrected chi connectivity index (χ4v) is 5.15. The number of urea groups is 1. The van der Waals surface area contributed by atoms with E-state index in [1.165, 1.54) is 24.3 Å². The molecular formula is C31H30ClF2N7O. The van der Waals surface area contributed by atoms with Gasteiger partial charge in [0, 0.05) is 48.3 Å². The molecule has 2 N–H and O–H groups in total. The van der Waals surface area contributed by atoms with Gasteiger partial charge in [-0.3, -0.25) is 10.2 Å². The largest absolute Gasteiger partial charge is 0.340 e. The minimum absolute atomic E-state index is 0.212. The number of hydrogen-bond acceptors (Lipinski definition) is 5. The van der Waals surface area contributed by atoms with Gasteiger partial charge in [0.15, 0.2) is 0 Å². The third-order valence-corrected chi connectivity index (χ3v) is 7.07. The Bertz CT molecular complexity index is 1510. The second-order valence-corrected chi connectivity index (χ2v) is 10.4. The fourth-order valence-electron chi connectivity index (χ4n) is 4.96. The second-order valence-electron chi connectivity index (χ2n) is 10.0. The number of carbonyl (C=O) groups is 1. The lowest BCUT2D eigenvalue weighted by atomic mass is 9.96. The van der Waals surface area contributed by atoms with Gasteiger partial charge in [0.25, 0.3) is 5.95 Å². The van der Waals surface area contributed by atoms with Crippen molar-refractivity contribution in [1.82, 2.24) is 25.1 Å². The zero-order valence-electron chi connectivity index (χ0n) is 23.2. The summed E-state index contributed by atoms with van der Waals surface area (Å²) >= 11 is 6.07. The van der Waals surface area contributed by atoms with Gasteiger partial charge in [-0.15, -0.1) is 0 Å². The van der Waals surface area contributed by atoms with Crippen molar-refractivity contribution in [2.24, 2.45) is 4.99 Å². The lowest BCUT2D eigenvalue weighted by Crippen LogP contribution is -2.54. The topological polar surface area (TPSA) is 85.7 Å². The predicted molar refractivity (Wildman–Crippen MR) is 160 cm³/mol. The molecule has 11 heteroatoms. The molecule has 1 aliphatic heterocycles. The highest BCUT2D eigenvalue weighted by atomic mass is 35.5. The molecular weight excluding hydrogens is 560 g/mol. The zero-order valence-corrected chi connectivity index (χ0v) is 23.9. The third kappa shape index (κ3) is 7.45. The normalized spacial score (nSPS) is 14.2.